The Morgan fingerprint density at radius 3 is 2.40 bits per heavy atom. The van der Waals surface area contributed by atoms with Crippen molar-refractivity contribution >= 4 is 11.8 Å². The maximum Gasteiger partial charge on any atom is 0.348 e. The molecule has 0 fully saturated rings. The van der Waals surface area contributed by atoms with E-state index in [1.807, 2.05) is 0 Å². The molecule has 0 atom stereocenters. The van der Waals surface area contributed by atoms with Crippen molar-refractivity contribution in [2.24, 2.45) is 10.7 Å². The Morgan fingerprint density at radius 2 is 2.00 bits per heavy atom. The number of carbonyl (C=O) groups excluding carboxylic acids is 1. The first-order valence-corrected chi connectivity index (χ1v) is 4.05. The van der Waals surface area contributed by atoms with Gasteiger partial charge >= 0.3 is 5.97 Å². The molecule has 0 aromatic heterocycles. The van der Waals surface area contributed by atoms with E-state index in [1.54, 1.807) is 0 Å². The van der Waals surface area contributed by atoms with Crippen molar-refractivity contribution < 1.29 is 24.5 Å². The summed E-state index contributed by atoms with van der Waals surface area (Å²) in [5.74, 6) is -1.80. The van der Waals surface area contributed by atoms with Crippen molar-refractivity contribution in [1.29, 1.82) is 0 Å². The summed E-state index contributed by atoms with van der Waals surface area (Å²) in [7, 11) is 2.29. The molecule has 7 nitrogen and oxygen atoms in total. The molecule has 0 aliphatic carbocycles. The normalized spacial score (nSPS) is 13.1. The zero-order valence-electron chi connectivity index (χ0n) is 8.56. The first-order valence-electron chi connectivity index (χ1n) is 4.05. The van der Waals surface area contributed by atoms with Gasteiger partial charge in [0.25, 0.3) is 5.95 Å². The fourth-order valence-electron chi connectivity index (χ4n) is 0.755. The number of aliphatic hydroxyl groups excluding tert-OH is 2. The predicted octanol–water partition coefficient (Wildman–Crippen LogP) is -1.08. The lowest BCUT2D eigenvalue weighted by Gasteiger charge is -2.06. The van der Waals surface area contributed by atoms with Gasteiger partial charge in [0.15, 0.2) is 5.57 Å². The highest BCUT2D eigenvalue weighted by Crippen LogP contribution is 2.05. The van der Waals surface area contributed by atoms with Crippen LogP contribution in [0.25, 0.3) is 0 Å². The quantitative estimate of drug-likeness (QED) is 0.178. The molecular formula is C8H14N2O5. The topological polar surface area (TPSA) is 114 Å². The second-order valence-electron chi connectivity index (χ2n) is 2.37. The monoisotopic (exact) mass is 218 g/mol. The maximum absolute atomic E-state index is 11.2. The highest BCUT2D eigenvalue weighted by atomic mass is 16.6. The SMILES string of the molecule is COC(=O)/C(C(N)=NCCO)=C(\O)OC. The number of aliphatic imine (C=N–C) groups is 1. The molecule has 4 N–H and O–H groups in total. The molecule has 86 valence electrons. The average molecular weight is 218 g/mol. The molecule has 0 spiro atoms. The number of carbonyl (C=O) groups is 1. The van der Waals surface area contributed by atoms with Crippen molar-refractivity contribution in [2.75, 3.05) is 27.4 Å². The predicted molar refractivity (Wildman–Crippen MR) is 52.3 cm³/mol. The molecular weight excluding hydrogens is 204 g/mol. The summed E-state index contributed by atoms with van der Waals surface area (Å²) in [4.78, 5) is 14.8. The second-order valence-corrected chi connectivity index (χ2v) is 2.37. The number of esters is 1. The van der Waals surface area contributed by atoms with Gasteiger partial charge < -0.3 is 25.4 Å². The minimum atomic E-state index is -0.867. The molecule has 0 aliphatic heterocycles. The number of ether oxygens (including phenoxy) is 2. The molecule has 0 aromatic carbocycles. The summed E-state index contributed by atoms with van der Waals surface area (Å²) in [5.41, 5.74) is 5.03. The van der Waals surface area contributed by atoms with Gasteiger partial charge in [0.2, 0.25) is 0 Å². The number of nitrogens with zero attached hydrogens (tertiary/aromatic N) is 1. The van der Waals surface area contributed by atoms with Crippen molar-refractivity contribution in [3.05, 3.63) is 11.5 Å². The number of aliphatic hydroxyl groups is 2. The number of methoxy groups -OCH3 is 2. The summed E-state index contributed by atoms with van der Waals surface area (Å²) < 4.78 is 8.82. The third-order valence-corrected chi connectivity index (χ3v) is 1.44. The number of rotatable bonds is 5. The minimum Gasteiger partial charge on any atom is -0.480 e. The van der Waals surface area contributed by atoms with E-state index >= 15 is 0 Å². The van der Waals surface area contributed by atoms with E-state index in [0.29, 0.717) is 0 Å². The Bertz CT molecular complexity index is 285. The second kappa shape index (κ2) is 6.66. The molecule has 7 heteroatoms. The zero-order valence-corrected chi connectivity index (χ0v) is 8.56. The van der Waals surface area contributed by atoms with E-state index in [1.165, 1.54) is 0 Å². The molecule has 0 rings (SSSR count). The van der Waals surface area contributed by atoms with Gasteiger partial charge in [0.1, 0.15) is 5.84 Å². The minimum absolute atomic E-state index is 0.0172. The highest BCUT2D eigenvalue weighted by Gasteiger charge is 2.21. The summed E-state index contributed by atoms with van der Waals surface area (Å²) in [6.45, 7) is -0.202. The van der Waals surface area contributed by atoms with Crippen LogP contribution in [0.1, 0.15) is 0 Å². The van der Waals surface area contributed by atoms with Gasteiger partial charge in [-0.25, -0.2) is 4.79 Å². The van der Waals surface area contributed by atoms with E-state index in [4.69, 9.17) is 10.8 Å². The van der Waals surface area contributed by atoms with Crippen molar-refractivity contribution in [3.8, 4) is 0 Å². The average Bonchev–Trinajstić information content (AvgIpc) is 2.25. The van der Waals surface area contributed by atoms with Crippen LogP contribution in [0.2, 0.25) is 0 Å². The van der Waals surface area contributed by atoms with E-state index in [2.05, 4.69) is 14.5 Å². The largest absolute Gasteiger partial charge is 0.480 e. The van der Waals surface area contributed by atoms with E-state index in [9.17, 15) is 9.90 Å². The lowest BCUT2D eigenvalue weighted by atomic mass is 10.2. The zero-order chi connectivity index (χ0) is 11.8. The third kappa shape index (κ3) is 3.86. The van der Waals surface area contributed by atoms with E-state index < -0.39 is 11.9 Å². The van der Waals surface area contributed by atoms with Crippen LogP contribution >= 0.6 is 0 Å². The molecule has 0 radical (unpaired) electrons. The Labute approximate surface area is 86.8 Å². The first-order chi connectivity index (χ1) is 7.08. The van der Waals surface area contributed by atoms with Crippen LogP contribution in [0.15, 0.2) is 16.5 Å². The summed E-state index contributed by atoms with van der Waals surface area (Å²) in [6.07, 6.45) is 0. The highest BCUT2D eigenvalue weighted by molar-refractivity contribution is 6.18. The Balaban J connectivity index is 5.04. The van der Waals surface area contributed by atoms with Gasteiger partial charge in [-0.15, -0.1) is 0 Å². The van der Waals surface area contributed by atoms with Crippen LogP contribution in [-0.4, -0.2) is 49.4 Å². The number of amidine groups is 1. The molecule has 0 saturated heterocycles. The number of hydrogen-bond acceptors (Lipinski definition) is 6. The first kappa shape index (κ1) is 13.2. The Hall–Kier alpha value is -1.76. The summed E-state index contributed by atoms with van der Waals surface area (Å²) >= 11 is 0. The van der Waals surface area contributed by atoms with Gasteiger partial charge in [-0.2, -0.15) is 0 Å². The third-order valence-electron chi connectivity index (χ3n) is 1.44. The molecule has 15 heavy (non-hydrogen) atoms. The molecule has 0 heterocycles. The maximum atomic E-state index is 11.2. The van der Waals surface area contributed by atoms with Gasteiger partial charge in [-0.3, -0.25) is 4.99 Å². The standard InChI is InChI=1S/C8H14N2O5/c1-14-7(12)5(8(13)15-2)6(9)10-3-4-11/h11-12H,3-4H2,1-2H3,(H2,9,10)/b7-5+. The lowest BCUT2D eigenvalue weighted by molar-refractivity contribution is -0.136. The smallest absolute Gasteiger partial charge is 0.348 e. The van der Waals surface area contributed by atoms with Crippen molar-refractivity contribution in [3.63, 3.8) is 0 Å². The van der Waals surface area contributed by atoms with E-state index in [-0.39, 0.29) is 24.6 Å². The van der Waals surface area contributed by atoms with Crippen LogP contribution in [0.5, 0.6) is 0 Å². The van der Waals surface area contributed by atoms with Crippen LogP contribution in [0.4, 0.5) is 0 Å². The Morgan fingerprint density at radius 1 is 1.40 bits per heavy atom. The molecule has 0 saturated carbocycles. The summed E-state index contributed by atoms with van der Waals surface area (Å²) in [5, 5.41) is 17.7. The van der Waals surface area contributed by atoms with E-state index in [0.717, 1.165) is 14.2 Å². The fourth-order valence-corrected chi connectivity index (χ4v) is 0.755. The lowest BCUT2D eigenvalue weighted by Crippen LogP contribution is -2.25. The van der Waals surface area contributed by atoms with Crippen LogP contribution < -0.4 is 5.73 Å². The van der Waals surface area contributed by atoms with Crippen LogP contribution in [0.3, 0.4) is 0 Å². The van der Waals surface area contributed by atoms with Gasteiger partial charge in [0.05, 0.1) is 27.4 Å². The van der Waals surface area contributed by atoms with Gasteiger partial charge in [0, 0.05) is 0 Å². The van der Waals surface area contributed by atoms with Gasteiger partial charge in [-0.05, 0) is 0 Å². The number of hydrogen-bond donors (Lipinski definition) is 3. The summed E-state index contributed by atoms with van der Waals surface area (Å²) in [6, 6.07) is 0. The fraction of sp³-hybridized carbons (Fsp3) is 0.500. The van der Waals surface area contributed by atoms with Crippen LogP contribution in [-0.2, 0) is 14.3 Å². The molecule has 0 unspecified atom stereocenters. The molecule has 0 bridgehead atoms. The molecule has 0 aromatic rings. The van der Waals surface area contributed by atoms with Crippen molar-refractivity contribution in [1.82, 2.24) is 0 Å². The molecule has 0 aliphatic rings. The van der Waals surface area contributed by atoms with Crippen LogP contribution in [0, 0.1) is 0 Å². The Kier molecular flexibility index (Phi) is 5.88. The van der Waals surface area contributed by atoms with Gasteiger partial charge in [-0.1, -0.05) is 0 Å². The number of nitrogens with two attached hydrogens (primary N) is 1. The molecule has 0 amide bonds. The van der Waals surface area contributed by atoms with Crippen molar-refractivity contribution in [2.45, 2.75) is 0 Å².